The summed E-state index contributed by atoms with van der Waals surface area (Å²) in [6.07, 6.45) is 0. The van der Waals surface area contributed by atoms with Crippen LogP contribution in [0.25, 0.3) is 0 Å². The number of thiophene rings is 1. The first kappa shape index (κ1) is 14.5. The summed E-state index contributed by atoms with van der Waals surface area (Å²) in [5.74, 6) is 0. The van der Waals surface area contributed by atoms with Gasteiger partial charge in [-0.3, -0.25) is 0 Å². The van der Waals surface area contributed by atoms with Crippen LogP contribution in [-0.2, 0) is 0 Å². The van der Waals surface area contributed by atoms with Crippen molar-refractivity contribution in [2.45, 2.75) is 19.9 Å². The van der Waals surface area contributed by atoms with E-state index < -0.39 is 0 Å². The van der Waals surface area contributed by atoms with E-state index in [1.54, 1.807) is 0 Å². The fraction of sp³-hybridized carbons (Fsp3) is 0.214. The Labute approximate surface area is 131 Å². The number of nitrogens with two attached hydrogens (primary N) is 1. The zero-order valence-electron chi connectivity index (χ0n) is 10.7. The molecule has 0 aliphatic carbocycles. The minimum absolute atomic E-state index is 0.279. The lowest BCUT2D eigenvalue weighted by Gasteiger charge is -2.15. The second-order valence-electron chi connectivity index (χ2n) is 4.37. The number of halogens is 1. The van der Waals surface area contributed by atoms with E-state index in [0.29, 0.717) is 4.99 Å². The van der Waals surface area contributed by atoms with Crippen LogP contribution in [0.4, 0.5) is 5.69 Å². The first-order valence-corrected chi connectivity index (χ1v) is 7.91. The summed E-state index contributed by atoms with van der Waals surface area (Å²) in [5, 5.41) is 3.47. The number of benzene rings is 1. The topological polar surface area (TPSA) is 38.0 Å². The van der Waals surface area contributed by atoms with Crippen molar-refractivity contribution in [3.8, 4) is 0 Å². The average Bonchev–Trinajstić information content (AvgIpc) is 2.75. The summed E-state index contributed by atoms with van der Waals surface area (Å²) >= 11 is 10.3. The number of anilines is 1. The van der Waals surface area contributed by atoms with Crippen LogP contribution < -0.4 is 11.1 Å². The summed E-state index contributed by atoms with van der Waals surface area (Å²) in [5.41, 5.74) is 7.55. The van der Waals surface area contributed by atoms with Crippen molar-refractivity contribution in [3.63, 3.8) is 0 Å². The van der Waals surface area contributed by atoms with Crippen LogP contribution in [0.5, 0.6) is 0 Å². The zero-order chi connectivity index (χ0) is 14.0. The van der Waals surface area contributed by atoms with Crippen molar-refractivity contribution in [2.24, 2.45) is 5.73 Å². The van der Waals surface area contributed by atoms with Gasteiger partial charge in [-0.05, 0) is 60.1 Å². The molecule has 0 aliphatic rings. The maximum absolute atomic E-state index is 5.64. The Bertz CT molecular complexity index is 607. The quantitative estimate of drug-likeness (QED) is 0.786. The van der Waals surface area contributed by atoms with E-state index in [9.17, 15) is 0 Å². The van der Waals surface area contributed by atoms with Crippen molar-refractivity contribution < 1.29 is 0 Å². The molecule has 3 N–H and O–H groups in total. The highest BCUT2D eigenvalue weighted by molar-refractivity contribution is 9.10. The maximum atomic E-state index is 5.64. The molecule has 0 bridgehead atoms. The third-order valence-electron chi connectivity index (χ3n) is 2.81. The van der Waals surface area contributed by atoms with Gasteiger partial charge in [0.1, 0.15) is 4.99 Å². The fourth-order valence-corrected chi connectivity index (χ4v) is 3.59. The maximum Gasteiger partial charge on any atom is 0.105 e. The minimum Gasteiger partial charge on any atom is -0.389 e. The van der Waals surface area contributed by atoms with Gasteiger partial charge in [-0.2, -0.15) is 0 Å². The Morgan fingerprint density at radius 1 is 1.37 bits per heavy atom. The highest BCUT2D eigenvalue weighted by Gasteiger charge is 2.09. The molecule has 0 saturated carbocycles. The Kier molecular flexibility index (Phi) is 4.60. The zero-order valence-corrected chi connectivity index (χ0v) is 14.0. The van der Waals surface area contributed by atoms with E-state index in [4.69, 9.17) is 18.0 Å². The minimum atomic E-state index is 0.279. The number of aryl methyl sites for hydroxylation is 1. The Morgan fingerprint density at radius 2 is 2.11 bits per heavy atom. The van der Waals surface area contributed by atoms with Gasteiger partial charge in [-0.1, -0.05) is 12.2 Å². The van der Waals surface area contributed by atoms with Crippen molar-refractivity contribution in [1.29, 1.82) is 0 Å². The largest absolute Gasteiger partial charge is 0.389 e. The second-order valence-corrected chi connectivity index (χ2v) is 6.99. The SMILES string of the molecule is Cc1ccc(C(C)Nc2ccc(C(N)=S)c(Br)c2)s1. The van der Waals surface area contributed by atoms with Crippen LogP contribution in [0, 0.1) is 6.92 Å². The summed E-state index contributed by atoms with van der Waals surface area (Å²) in [4.78, 5) is 3.06. The van der Waals surface area contributed by atoms with Gasteiger partial charge in [0.15, 0.2) is 0 Å². The van der Waals surface area contributed by atoms with E-state index in [0.717, 1.165) is 15.7 Å². The van der Waals surface area contributed by atoms with Crippen LogP contribution >= 0.6 is 39.5 Å². The van der Waals surface area contributed by atoms with Crippen molar-refractivity contribution >= 4 is 50.2 Å². The molecular formula is C14H15BrN2S2. The van der Waals surface area contributed by atoms with Crippen LogP contribution in [0.15, 0.2) is 34.8 Å². The molecule has 0 radical (unpaired) electrons. The lowest BCUT2D eigenvalue weighted by Crippen LogP contribution is -2.11. The normalized spacial score (nSPS) is 12.2. The van der Waals surface area contributed by atoms with E-state index >= 15 is 0 Å². The molecule has 2 aromatic rings. The first-order valence-electron chi connectivity index (χ1n) is 5.89. The molecule has 1 aromatic carbocycles. The Balaban J connectivity index is 2.15. The van der Waals surface area contributed by atoms with Gasteiger partial charge in [-0.15, -0.1) is 11.3 Å². The molecule has 1 heterocycles. The number of hydrogen-bond donors (Lipinski definition) is 2. The average molecular weight is 355 g/mol. The van der Waals surface area contributed by atoms with E-state index in [2.05, 4.69) is 47.2 Å². The highest BCUT2D eigenvalue weighted by atomic mass is 79.9. The predicted octanol–water partition coefficient (Wildman–Crippen LogP) is 4.63. The molecule has 1 aromatic heterocycles. The molecule has 0 spiro atoms. The van der Waals surface area contributed by atoms with Gasteiger partial charge in [0.05, 0.1) is 6.04 Å². The van der Waals surface area contributed by atoms with Crippen molar-refractivity contribution in [1.82, 2.24) is 0 Å². The van der Waals surface area contributed by atoms with Gasteiger partial charge in [0.2, 0.25) is 0 Å². The van der Waals surface area contributed by atoms with Gasteiger partial charge < -0.3 is 11.1 Å². The smallest absolute Gasteiger partial charge is 0.105 e. The molecule has 100 valence electrons. The monoisotopic (exact) mass is 354 g/mol. The van der Waals surface area contributed by atoms with Gasteiger partial charge in [0, 0.05) is 25.5 Å². The lowest BCUT2D eigenvalue weighted by molar-refractivity contribution is 0.908. The van der Waals surface area contributed by atoms with E-state index in [1.807, 2.05) is 29.5 Å². The van der Waals surface area contributed by atoms with Crippen LogP contribution in [-0.4, -0.2) is 4.99 Å². The molecule has 0 saturated heterocycles. The molecular weight excluding hydrogens is 340 g/mol. The molecule has 5 heteroatoms. The highest BCUT2D eigenvalue weighted by Crippen LogP contribution is 2.28. The third kappa shape index (κ3) is 3.55. The third-order valence-corrected chi connectivity index (χ3v) is 4.87. The summed E-state index contributed by atoms with van der Waals surface area (Å²) in [6.45, 7) is 4.27. The lowest BCUT2D eigenvalue weighted by atomic mass is 10.2. The summed E-state index contributed by atoms with van der Waals surface area (Å²) < 4.78 is 0.916. The Hall–Kier alpha value is -0.910. The molecule has 0 aliphatic heterocycles. The van der Waals surface area contributed by atoms with E-state index in [-0.39, 0.29) is 6.04 Å². The molecule has 1 atom stereocenters. The second kappa shape index (κ2) is 6.03. The molecule has 0 fully saturated rings. The molecule has 19 heavy (non-hydrogen) atoms. The van der Waals surface area contributed by atoms with Crippen LogP contribution in [0.1, 0.15) is 28.3 Å². The standard InChI is InChI=1S/C14H15BrN2S2/c1-8-3-6-13(19-8)9(2)17-10-4-5-11(14(16)18)12(15)7-10/h3-7,9,17H,1-2H3,(H2,16,18). The Morgan fingerprint density at radius 3 is 2.63 bits per heavy atom. The molecule has 0 amide bonds. The number of thiocarbonyl (C=S) groups is 1. The number of rotatable bonds is 4. The number of hydrogen-bond acceptors (Lipinski definition) is 3. The van der Waals surface area contributed by atoms with Gasteiger partial charge >= 0.3 is 0 Å². The fourth-order valence-electron chi connectivity index (χ4n) is 1.81. The van der Waals surface area contributed by atoms with Gasteiger partial charge in [0.25, 0.3) is 0 Å². The molecule has 2 rings (SSSR count). The van der Waals surface area contributed by atoms with Crippen molar-refractivity contribution in [2.75, 3.05) is 5.32 Å². The van der Waals surface area contributed by atoms with Crippen LogP contribution in [0.3, 0.4) is 0 Å². The van der Waals surface area contributed by atoms with Gasteiger partial charge in [-0.25, -0.2) is 0 Å². The van der Waals surface area contributed by atoms with E-state index in [1.165, 1.54) is 9.75 Å². The summed E-state index contributed by atoms with van der Waals surface area (Å²) in [6, 6.07) is 10.5. The van der Waals surface area contributed by atoms with Crippen LogP contribution in [0.2, 0.25) is 0 Å². The molecule has 2 nitrogen and oxygen atoms in total. The number of nitrogens with one attached hydrogen (secondary N) is 1. The summed E-state index contributed by atoms with van der Waals surface area (Å²) in [7, 11) is 0. The first-order chi connectivity index (χ1) is 8.97. The van der Waals surface area contributed by atoms with Crippen molar-refractivity contribution in [3.05, 3.63) is 50.1 Å². The molecule has 1 unspecified atom stereocenters. The predicted molar refractivity (Wildman–Crippen MR) is 91.1 cm³/mol.